The Morgan fingerprint density at radius 3 is 2.62 bits per heavy atom. The summed E-state index contributed by atoms with van der Waals surface area (Å²) >= 11 is 0. The van der Waals surface area contributed by atoms with Gasteiger partial charge in [0, 0.05) is 31.0 Å². The van der Waals surface area contributed by atoms with Crippen molar-refractivity contribution in [1.82, 2.24) is 9.88 Å². The van der Waals surface area contributed by atoms with Crippen molar-refractivity contribution in [2.45, 2.75) is 44.3 Å². The molecule has 184 valence electrons. The van der Waals surface area contributed by atoms with Crippen molar-refractivity contribution in [3.05, 3.63) is 65.2 Å². The molecule has 2 aliphatic heterocycles. The maximum Gasteiger partial charge on any atom is 0.490 e. The number of amides is 1. The van der Waals surface area contributed by atoms with Crippen molar-refractivity contribution in [3.63, 3.8) is 0 Å². The second kappa shape index (κ2) is 10.5. The summed E-state index contributed by atoms with van der Waals surface area (Å²) in [6, 6.07) is 7.79. The molecule has 2 fully saturated rings. The molecule has 0 bridgehead atoms. The Morgan fingerprint density at radius 2 is 2.00 bits per heavy atom. The Labute approximate surface area is 193 Å². The van der Waals surface area contributed by atoms with E-state index in [1.807, 2.05) is 19.2 Å². The van der Waals surface area contributed by atoms with Gasteiger partial charge in [-0.2, -0.15) is 13.2 Å². The first-order valence-corrected chi connectivity index (χ1v) is 10.5. The normalized spacial score (nSPS) is 19.1. The largest absolute Gasteiger partial charge is 0.490 e. The number of aliphatic carboxylic acids is 1. The molecule has 1 unspecified atom stereocenters. The van der Waals surface area contributed by atoms with Crippen LogP contribution >= 0.6 is 0 Å². The summed E-state index contributed by atoms with van der Waals surface area (Å²) in [6.07, 6.45) is 0.247. The van der Waals surface area contributed by atoms with Crippen LogP contribution in [0.4, 0.5) is 17.6 Å². The van der Waals surface area contributed by atoms with Gasteiger partial charge in [-0.15, -0.1) is 0 Å². The van der Waals surface area contributed by atoms with E-state index in [9.17, 15) is 22.4 Å². The van der Waals surface area contributed by atoms with E-state index in [1.54, 1.807) is 23.2 Å². The highest BCUT2D eigenvalue weighted by Crippen LogP contribution is 2.36. The highest BCUT2D eigenvalue weighted by atomic mass is 19.4. The van der Waals surface area contributed by atoms with Crippen LogP contribution in [-0.2, 0) is 20.9 Å². The quantitative estimate of drug-likeness (QED) is 0.665. The number of carboxylic acids is 1. The minimum atomic E-state index is -5.08. The van der Waals surface area contributed by atoms with Gasteiger partial charge in [0.15, 0.2) is 0 Å². The zero-order valence-corrected chi connectivity index (χ0v) is 18.3. The lowest BCUT2D eigenvalue weighted by atomic mass is 9.84. The third-order valence-corrected chi connectivity index (χ3v) is 5.63. The molecule has 1 spiro atoms. The van der Waals surface area contributed by atoms with Gasteiger partial charge < -0.3 is 19.5 Å². The van der Waals surface area contributed by atoms with Gasteiger partial charge in [-0.25, -0.2) is 9.18 Å². The molecule has 34 heavy (non-hydrogen) atoms. The van der Waals surface area contributed by atoms with Crippen LogP contribution in [0.5, 0.6) is 0 Å². The molecule has 1 aromatic heterocycles. The van der Waals surface area contributed by atoms with E-state index in [2.05, 4.69) is 4.98 Å². The lowest BCUT2D eigenvalue weighted by molar-refractivity contribution is -0.192. The first-order chi connectivity index (χ1) is 16.0. The number of likely N-dealkylation sites (tertiary alicyclic amines) is 1. The lowest BCUT2D eigenvalue weighted by Crippen LogP contribution is -2.67. The van der Waals surface area contributed by atoms with Crippen LogP contribution in [0.2, 0.25) is 0 Å². The van der Waals surface area contributed by atoms with Crippen LogP contribution < -0.4 is 0 Å². The molecule has 2 saturated heterocycles. The number of hydrogen-bond donors (Lipinski definition) is 1. The predicted octanol–water partition coefficient (Wildman–Crippen LogP) is 3.75. The monoisotopic (exact) mass is 484 g/mol. The van der Waals surface area contributed by atoms with Gasteiger partial charge in [0.05, 0.1) is 25.8 Å². The van der Waals surface area contributed by atoms with Gasteiger partial charge >= 0.3 is 12.1 Å². The second-order valence-electron chi connectivity index (χ2n) is 8.23. The molecule has 1 N–H and O–H groups in total. The number of rotatable bonds is 4. The summed E-state index contributed by atoms with van der Waals surface area (Å²) in [5.74, 6) is -3.31. The molecular formula is C23H24F4N2O5. The van der Waals surface area contributed by atoms with E-state index in [4.69, 9.17) is 19.4 Å². The number of carbonyl (C=O) groups excluding carboxylic acids is 1. The molecule has 2 aromatic rings. The molecule has 11 heteroatoms. The van der Waals surface area contributed by atoms with Crippen LogP contribution in [0.3, 0.4) is 0 Å². The van der Waals surface area contributed by atoms with Crippen molar-refractivity contribution in [1.29, 1.82) is 0 Å². The first-order valence-electron chi connectivity index (χ1n) is 10.5. The SMILES string of the molecule is Cc1ccncc1COC1CCOC2(C1)CN(C(=O)c1cccc(F)c1)C2.O=C(O)C(F)(F)F. The Hall–Kier alpha value is -3.05. The Balaban J connectivity index is 0.000000406. The van der Waals surface area contributed by atoms with E-state index in [-0.39, 0.29) is 17.6 Å². The van der Waals surface area contributed by atoms with Gasteiger partial charge in [-0.05, 0) is 48.7 Å². The summed E-state index contributed by atoms with van der Waals surface area (Å²) in [5, 5.41) is 7.12. The number of alkyl halides is 3. The summed E-state index contributed by atoms with van der Waals surface area (Å²) in [5.41, 5.74) is 2.30. The summed E-state index contributed by atoms with van der Waals surface area (Å²) in [7, 11) is 0. The van der Waals surface area contributed by atoms with E-state index in [1.165, 1.54) is 17.7 Å². The number of nitrogens with zero attached hydrogens (tertiary/aromatic N) is 2. The lowest BCUT2D eigenvalue weighted by Gasteiger charge is -2.53. The Morgan fingerprint density at radius 1 is 1.29 bits per heavy atom. The van der Waals surface area contributed by atoms with Crippen molar-refractivity contribution < 1.29 is 41.7 Å². The summed E-state index contributed by atoms with van der Waals surface area (Å²) < 4.78 is 57.2. The smallest absolute Gasteiger partial charge is 0.475 e. The fourth-order valence-corrected chi connectivity index (χ4v) is 3.80. The number of hydrogen-bond acceptors (Lipinski definition) is 5. The van der Waals surface area contributed by atoms with Crippen LogP contribution in [0.15, 0.2) is 42.7 Å². The number of aryl methyl sites for hydroxylation is 1. The van der Waals surface area contributed by atoms with Gasteiger partial charge in [-0.3, -0.25) is 9.78 Å². The third-order valence-electron chi connectivity index (χ3n) is 5.63. The van der Waals surface area contributed by atoms with Crippen LogP contribution in [0.1, 0.15) is 34.3 Å². The van der Waals surface area contributed by atoms with E-state index in [0.717, 1.165) is 18.4 Å². The van der Waals surface area contributed by atoms with E-state index >= 15 is 0 Å². The predicted molar refractivity (Wildman–Crippen MR) is 111 cm³/mol. The van der Waals surface area contributed by atoms with Gasteiger partial charge in [0.25, 0.3) is 5.91 Å². The molecular weight excluding hydrogens is 460 g/mol. The first kappa shape index (κ1) is 25.6. The standard InChI is InChI=1S/C21H23FN2O3.C2HF3O2/c1-15-5-7-23-11-17(15)12-26-19-6-8-27-21(10-19)13-24(14-21)20(25)16-3-2-4-18(22)9-16;3-2(4,5)1(6)7/h2-5,7,9,11,19H,6,8,10,12-14H2,1H3;(H,6,7). The molecule has 1 aromatic carbocycles. The van der Waals surface area contributed by atoms with Gasteiger partial charge in [-0.1, -0.05) is 6.07 Å². The molecule has 0 saturated carbocycles. The van der Waals surface area contributed by atoms with Crippen LogP contribution in [0, 0.1) is 12.7 Å². The number of ether oxygens (including phenoxy) is 2. The van der Waals surface area contributed by atoms with Crippen LogP contribution in [0.25, 0.3) is 0 Å². The molecule has 1 amide bonds. The number of aromatic nitrogens is 1. The highest BCUT2D eigenvalue weighted by Gasteiger charge is 2.49. The molecule has 1 atom stereocenters. The fourth-order valence-electron chi connectivity index (χ4n) is 3.80. The van der Waals surface area contributed by atoms with Gasteiger partial charge in [0.1, 0.15) is 11.4 Å². The molecule has 4 rings (SSSR count). The van der Waals surface area contributed by atoms with E-state index in [0.29, 0.717) is 31.9 Å². The average molecular weight is 484 g/mol. The molecule has 0 aliphatic carbocycles. The number of benzene rings is 1. The number of halogens is 4. The molecule has 3 heterocycles. The van der Waals surface area contributed by atoms with Crippen LogP contribution in [-0.4, -0.2) is 64.4 Å². The fraction of sp³-hybridized carbons (Fsp3) is 0.435. The average Bonchev–Trinajstić information content (AvgIpc) is 2.76. The number of carboxylic acid groups (broad SMARTS) is 1. The molecule has 2 aliphatic rings. The molecule has 0 radical (unpaired) electrons. The maximum absolute atomic E-state index is 13.3. The Bertz CT molecular complexity index is 1020. The minimum Gasteiger partial charge on any atom is -0.475 e. The topological polar surface area (TPSA) is 89.0 Å². The summed E-state index contributed by atoms with van der Waals surface area (Å²) in [4.78, 5) is 27.3. The van der Waals surface area contributed by atoms with Crippen molar-refractivity contribution in [3.8, 4) is 0 Å². The maximum atomic E-state index is 13.3. The number of carbonyl (C=O) groups is 2. The van der Waals surface area contributed by atoms with Gasteiger partial charge in [0.2, 0.25) is 0 Å². The highest BCUT2D eigenvalue weighted by molar-refractivity contribution is 5.95. The van der Waals surface area contributed by atoms with Crippen molar-refractivity contribution >= 4 is 11.9 Å². The van der Waals surface area contributed by atoms with E-state index < -0.39 is 18.0 Å². The Kier molecular flexibility index (Phi) is 7.88. The van der Waals surface area contributed by atoms with Crippen molar-refractivity contribution in [2.24, 2.45) is 0 Å². The minimum absolute atomic E-state index is 0.102. The summed E-state index contributed by atoms with van der Waals surface area (Å²) in [6.45, 7) is 4.25. The third kappa shape index (κ3) is 6.51. The zero-order valence-electron chi connectivity index (χ0n) is 18.3. The molecule has 7 nitrogen and oxygen atoms in total. The number of pyridine rings is 1. The van der Waals surface area contributed by atoms with Crippen molar-refractivity contribution in [2.75, 3.05) is 19.7 Å². The second-order valence-corrected chi connectivity index (χ2v) is 8.23. The zero-order chi connectivity index (χ0) is 24.9.